The van der Waals surface area contributed by atoms with Crippen molar-refractivity contribution in [3.63, 3.8) is 0 Å². The molecular weight excluding hydrogens is 168 g/mol. The summed E-state index contributed by atoms with van der Waals surface area (Å²) in [5, 5.41) is 0. The Kier molecular flexibility index (Phi) is 2.74. The Morgan fingerprint density at radius 2 is 2.23 bits per heavy atom. The number of carbonyl (C=O) groups is 2. The van der Waals surface area contributed by atoms with Crippen molar-refractivity contribution in [3.8, 4) is 0 Å². The fraction of sp³-hybridized carbons (Fsp3) is 0.800. The van der Waals surface area contributed by atoms with Crippen LogP contribution in [0.3, 0.4) is 0 Å². The van der Waals surface area contributed by atoms with E-state index in [1.807, 2.05) is 13.8 Å². The number of hydrogen-bond donors (Lipinski definition) is 0. The lowest BCUT2D eigenvalue weighted by atomic mass is 9.59. The molecule has 1 aliphatic rings. The molecule has 0 radical (unpaired) electrons. The van der Waals surface area contributed by atoms with Crippen molar-refractivity contribution in [1.29, 1.82) is 0 Å². The Morgan fingerprint density at radius 3 is 2.62 bits per heavy atom. The molecule has 0 spiro atoms. The minimum absolute atomic E-state index is 0.00468. The van der Waals surface area contributed by atoms with E-state index < -0.39 is 0 Å². The molecule has 1 rings (SSSR count). The SMILES string of the molecule is CC(=O)OC1CC(CC=O)C1(C)C. The Morgan fingerprint density at radius 1 is 1.62 bits per heavy atom. The van der Waals surface area contributed by atoms with Crippen molar-refractivity contribution in [2.45, 2.75) is 39.7 Å². The standard InChI is InChI=1S/C10H16O3/c1-7(12)13-9-6-8(4-5-11)10(9,2)3/h5,8-9H,4,6H2,1-3H3. The highest BCUT2D eigenvalue weighted by Gasteiger charge is 2.49. The summed E-state index contributed by atoms with van der Waals surface area (Å²) in [5.74, 6) is 0.136. The minimum Gasteiger partial charge on any atom is -0.462 e. The Labute approximate surface area is 78.5 Å². The van der Waals surface area contributed by atoms with Crippen molar-refractivity contribution in [2.75, 3.05) is 0 Å². The molecule has 3 heteroatoms. The highest BCUT2D eigenvalue weighted by molar-refractivity contribution is 5.66. The zero-order chi connectivity index (χ0) is 10.1. The third-order valence-corrected chi connectivity index (χ3v) is 3.07. The lowest BCUT2D eigenvalue weighted by Crippen LogP contribution is -2.51. The summed E-state index contributed by atoms with van der Waals surface area (Å²) in [6.07, 6.45) is 2.34. The van der Waals surface area contributed by atoms with Gasteiger partial charge in [-0.15, -0.1) is 0 Å². The zero-order valence-electron chi connectivity index (χ0n) is 8.37. The molecule has 0 aromatic rings. The normalized spacial score (nSPS) is 30.4. The third kappa shape index (κ3) is 1.90. The van der Waals surface area contributed by atoms with E-state index in [4.69, 9.17) is 4.74 Å². The van der Waals surface area contributed by atoms with Gasteiger partial charge in [0.1, 0.15) is 12.4 Å². The van der Waals surface area contributed by atoms with Crippen LogP contribution in [0.2, 0.25) is 0 Å². The molecule has 1 aliphatic carbocycles. The first-order valence-electron chi connectivity index (χ1n) is 4.59. The Bertz CT molecular complexity index is 220. The molecule has 1 saturated carbocycles. The number of ether oxygens (including phenoxy) is 1. The Hall–Kier alpha value is -0.860. The van der Waals surface area contributed by atoms with Crippen LogP contribution in [0.15, 0.2) is 0 Å². The van der Waals surface area contributed by atoms with Gasteiger partial charge in [0.25, 0.3) is 0 Å². The van der Waals surface area contributed by atoms with Gasteiger partial charge < -0.3 is 9.53 Å². The molecule has 2 unspecified atom stereocenters. The van der Waals surface area contributed by atoms with E-state index in [2.05, 4.69) is 0 Å². The van der Waals surface area contributed by atoms with Crippen molar-refractivity contribution >= 4 is 12.3 Å². The van der Waals surface area contributed by atoms with Crippen LogP contribution >= 0.6 is 0 Å². The van der Waals surface area contributed by atoms with E-state index >= 15 is 0 Å². The van der Waals surface area contributed by atoms with Crippen LogP contribution < -0.4 is 0 Å². The zero-order valence-corrected chi connectivity index (χ0v) is 8.37. The number of aldehydes is 1. The summed E-state index contributed by atoms with van der Waals surface area (Å²) in [5.41, 5.74) is -0.0351. The molecular formula is C10H16O3. The van der Waals surface area contributed by atoms with E-state index in [1.54, 1.807) is 0 Å². The molecule has 0 amide bonds. The van der Waals surface area contributed by atoms with E-state index in [9.17, 15) is 9.59 Å². The second kappa shape index (κ2) is 3.48. The maximum absolute atomic E-state index is 10.7. The molecule has 0 aliphatic heterocycles. The first kappa shape index (κ1) is 10.2. The third-order valence-electron chi connectivity index (χ3n) is 3.07. The van der Waals surface area contributed by atoms with Gasteiger partial charge in [-0.25, -0.2) is 0 Å². The molecule has 2 atom stereocenters. The molecule has 0 heterocycles. The van der Waals surface area contributed by atoms with E-state index in [-0.39, 0.29) is 17.5 Å². The van der Waals surface area contributed by atoms with Crippen LogP contribution in [0.25, 0.3) is 0 Å². The highest BCUT2D eigenvalue weighted by atomic mass is 16.5. The van der Waals surface area contributed by atoms with Crippen LogP contribution in [-0.2, 0) is 14.3 Å². The first-order chi connectivity index (χ1) is 5.98. The van der Waals surface area contributed by atoms with Gasteiger partial charge in [-0.3, -0.25) is 4.79 Å². The lowest BCUT2D eigenvalue weighted by molar-refractivity contribution is -0.174. The van der Waals surface area contributed by atoms with Gasteiger partial charge in [0.2, 0.25) is 0 Å². The molecule has 74 valence electrons. The maximum atomic E-state index is 10.7. The van der Waals surface area contributed by atoms with Gasteiger partial charge in [0.05, 0.1) is 0 Å². The second-order valence-corrected chi connectivity index (χ2v) is 4.25. The van der Waals surface area contributed by atoms with Crippen LogP contribution in [0.5, 0.6) is 0 Å². The largest absolute Gasteiger partial charge is 0.462 e. The molecule has 0 saturated heterocycles. The van der Waals surface area contributed by atoms with Crippen molar-refractivity contribution in [2.24, 2.45) is 11.3 Å². The smallest absolute Gasteiger partial charge is 0.302 e. The van der Waals surface area contributed by atoms with Gasteiger partial charge in [-0.2, -0.15) is 0 Å². The molecule has 0 N–H and O–H groups in total. The van der Waals surface area contributed by atoms with Crippen LogP contribution in [0.1, 0.15) is 33.6 Å². The summed E-state index contributed by atoms with van der Waals surface area (Å²) in [6.45, 7) is 5.50. The predicted molar refractivity (Wildman–Crippen MR) is 48.1 cm³/mol. The topological polar surface area (TPSA) is 43.4 Å². The number of esters is 1. The fourth-order valence-corrected chi connectivity index (χ4v) is 1.88. The van der Waals surface area contributed by atoms with Gasteiger partial charge in [0, 0.05) is 18.8 Å². The van der Waals surface area contributed by atoms with Crippen LogP contribution in [-0.4, -0.2) is 18.4 Å². The Balaban J connectivity index is 2.48. The molecule has 0 aromatic heterocycles. The summed E-state index contributed by atoms with van der Waals surface area (Å²) >= 11 is 0. The predicted octanol–water partition coefficient (Wildman–Crippen LogP) is 1.55. The first-order valence-corrected chi connectivity index (χ1v) is 4.59. The summed E-state index contributed by atoms with van der Waals surface area (Å²) in [6, 6.07) is 0. The molecule has 0 aromatic carbocycles. The summed E-state index contributed by atoms with van der Waals surface area (Å²) < 4.78 is 5.12. The van der Waals surface area contributed by atoms with E-state index in [0.717, 1.165) is 12.7 Å². The second-order valence-electron chi connectivity index (χ2n) is 4.25. The molecule has 0 bridgehead atoms. The van der Waals surface area contributed by atoms with Crippen molar-refractivity contribution in [1.82, 2.24) is 0 Å². The van der Waals surface area contributed by atoms with Gasteiger partial charge >= 0.3 is 5.97 Å². The maximum Gasteiger partial charge on any atom is 0.302 e. The van der Waals surface area contributed by atoms with E-state index in [1.165, 1.54) is 6.92 Å². The van der Waals surface area contributed by atoms with Crippen molar-refractivity contribution < 1.29 is 14.3 Å². The van der Waals surface area contributed by atoms with Crippen LogP contribution in [0.4, 0.5) is 0 Å². The monoisotopic (exact) mass is 184 g/mol. The average molecular weight is 184 g/mol. The van der Waals surface area contributed by atoms with Gasteiger partial charge in [-0.05, 0) is 12.3 Å². The van der Waals surface area contributed by atoms with Crippen LogP contribution in [0, 0.1) is 11.3 Å². The summed E-state index contributed by atoms with van der Waals surface area (Å²) in [4.78, 5) is 21.0. The van der Waals surface area contributed by atoms with Gasteiger partial charge in [-0.1, -0.05) is 13.8 Å². The number of carbonyl (C=O) groups excluding carboxylic acids is 2. The quantitative estimate of drug-likeness (QED) is 0.493. The van der Waals surface area contributed by atoms with E-state index in [0.29, 0.717) is 12.3 Å². The number of hydrogen-bond acceptors (Lipinski definition) is 3. The average Bonchev–Trinajstić information content (AvgIpc) is 2.02. The lowest BCUT2D eigenvalue weighted by Gasteiger charge is -2.50. The number of rotatable bonds is 3. The summed E-state index contributed by atoms with van der Waals surface area (Å²) in [7, 11) is 0. The molecule has 1 fully saturated rings. The fourth-order valence-electron chi connectivity index (χ4n) is 1.88. The minimum atomic E-state index is -0.234. The molecule has 3 nitrogen and oxygen atoms in total. The van der Waals surface area contributed by atoms with Crippen molar-refractivity contribution in [3.05, 3.63) is 0 Å². The molecule has 13 heavy (non-hydrogen) atoms. The highest BCUT2D eigenvalue weighted by Crippen LogP contribution is 2.49. The van der Waals surface area contributed by atoms with Gasteiger partial charge in [0.15, 0.2) is 0 Å².